The molecule has 6 nitrogen and oxygen atoms in total. The molecule has 1 unspecified atom stereocenters. The van der Waals surface area contributed by atoms with Crippen molar-refractivity contribution in [1.29, 1.82) is 0 Å². The molecule has 29 heavy (non-hydrogen) atoms. The van der Waals surface area contributed by atoms with E-state index in [-0.39, 0.29) is 11.8 Å². The van der Waals surface area contributed by atoms with E-state index in [0.29, 0.717) is 42.5 Å². The number of carbonyl (C=O) groups is 1. The summed E-state index contributed by atoms with van der Waals surface area (Å²) in [5, 5.41) is 2.95. The van der Waals surface area contributed by atoms with Crippen LogP contribution in [0.2, 0.25) is 0 Å². The molecule has 1 aliphatic rings. The molecule has 0 spiro atoms. The van der Waals surface area contributed by atoms with Crippen LogP contribution in [0.15, 0.2) is 66.9 Å². The maximum atomic E-state index is 12.7. The molecule has 0 saturated heterocycles. The van der Waals surface area contributed by atoms with E-state index < -0.39 is 0 Å². The number of hydrogen-bond acceptors (Lipinski definition) is 5. The smallest absolute Gasteiger partial charge is 0.227 e. The summed E-state index contributed by atoms with van der Waals surface area (Å²) in [5.41, 5.74) is 1.69. The summed E-state index contributed by atoms with van der Waals surface area (Å²) >= 11 is 0. The van der Waals surface area contributed by atoms with Gasteiger partial charge in [-0.05, 0) is 42.7 Å². The lowest BCUT2D eigenvalue weighted by molar-refractivity contribution is -0.120. The van der Waals surface area contributed by atoms with Crippen LogP contribution in [0.1, 0.15) is 12.0 Å². The zero-order valence-corrected chi connectivity index (χ0v) is 16.1. The first-order valence-corrected chi connectivity index (χ1v) is 9.51. The van der Waals surface area contributed by atoms with E-state index in [1.165, 1.54) is 0 Å². The second-order valence-corrected chi connectivity index (χ2v) is 6.80. The minimum Gasteiger partial charge on any atom is -0.497 e. The quantitative estimate of drug-likeness (QED) is 0.696. The molecule has 0 fully saturated rings. The van der Waals surface area contributed by atoms with Crippen LogP contribution >= 0.6 is 0 Å². The molecule has 0 bridgehead atoms. The first-order chi connectivity index (χ1) is 14.2. The number of nitrogens with one attached hydrogen (secondary N) is 1. The van der Waals surface area contributed by atoms with Crippen molar-refractivity contribution in [2.75, 3.05) is 19.0 Å². The number of aromatic nitrogens is 1. The van der Waals surface area contributed by atoms with E-state index in [0.717, 1.165) is 11.3 Å². The van der Waals surface area contributed by atoms with Gasteiger partial charge in [-0.15, -0.1) is 0 Å². The molecule has 1 aromatic heterocycles. The van der Waals surface area contributed by atoms with Crippen LogP contribution in [0, 0.1) is 5.92 Å². The minimum absolute atomic E-state index is 0.0337. The van der Waals surface area contributed by atoms with Gasteiger partial charge in [0.25, 0.3) is 0 Å². The lowest BCUT2D eigenvalue weighted by Crippen LogP contribution is -2.25. The third kappa shape index (κ3) is 4.66. The standard InChI is InChI=1S/C23H22N2O4/c1-27-19-6-4-7-20(14-19)29-22-10-9-18(15-24-22)25-23(26)17-11-12-28-21-8-3-2-5-16(21)13-17/h2-10,14-15,17H,11-13H2,1H3,(H,25,26). The number of pyridine rings is 1. The first kappa shape index (κ1) is 18.8. The van der Waals surface area contributed by atoms with Crippen LogP contribution in [0.5, 0.6) is 23.1 Å². The number of rotatable bonds is 5. The maximum Gasteiger partial charge on any atom is 0.227 e. The molecule has 148 valence electrons. The minimum atomic E-state index is -0.147. The van der Waals surface area contributed by atoms with Crippen LogP contribution in [0.4, 0.5) is 5.69 Å². The van der Waals surface area contributed by atoms with Gasteiger partial charge < -0.3 is 19.5 Å². The van der Waals surface area contributed by atoms with Crippen LogP contribution < -0.4 is 19.5 Å². The van der Waals surface area contributed by atoms with Gasteiger partial charge >= 0.3 is 0 Å². The summed E-state index contributed by atoms with van der Waals surface area (Å²) in [4.78, 5) is 17.0. The highest BCUT2D eigenvalue weighted by molar-refractivity contribution is 5.92. The molecular formula is C23H22N2O4. The molecule has 0 radical (unpaired) electrons. The Bertz CT molecular complexity index is 988. The molecule has 0 aliphatic carbocycles. The van der Waals surface area contributed by atoms with Crippen LogP contribution in [-0.4, -0.2) is 24.6 Å². The Morgan fingerprint density at radius 3 is 2.79 bits per heavy atom. The largest absolute Gasteiger partial charge is 0.497 e. The number of hydrogen-bond donors (Lipinski definition) is 1. The number of para-hydroxylation sites is 1. The maximum absolute atomic E-state index is 12.7. The SMILES string of the molecule is COc1cccc(Oc2ccc(NC(=O)C3CCOc4ccccc4C3)cn2)c1. The Hall–Kier alpha value is -3.54. The lowest BCUT2D eigenvalue weighted by Gasteiger charge is -2.14. The van der Waals surface area contributed by atoms with Gasteiger partial charge in [-0.25, -0.2) is 4.98 Å². The number of methoxy groups -OCH3 is 1. The fourth-order valence-corrected chi connectivity index (χ4v) is 3.26. The number of ether oxygens (including phenoxy) is 3. The molecular weight excluding hydrogens is 368 g/mol. The zero-order valence-electron chi connectivity index (χ0n) is 16.1. The second kappa shape index (κ2) is 8.65. The molecule has 0 saturated carbocycles. The van der Waals surface area contributed by atoms with Gasteiger partial charge in [0.1, 0.15) is 17.2 Å². The van der Waals surface area contributed by atoms with Gasteiger partial charge in [0.2, 0.25) is 11.8 Å². The van der Waals surface area contributed by atoms with Gasteiger partial charge in [0.15, 0.2) is 0 Å². The van der Waals surface area contributed by atoms with Crippen LogP contribution in [0.25, 0.3) is 0 Å². The Morgan fingerprint density at radius 1 is 1.10 bits per heavy atom. The van der Waals surface area contributed by atoms with E-state index in [2.05, 4.69) is 10.3 Å². The average molecular weight is 390 g/mol. The van der Waals surface area contributed by atoms with Crippen molar-refractivity contribution in [3.8, 4) is 23.1 Å². The molecule has 2 aromatic carbocycles. The Kier molecular flexibility index (Phi) is 5.61. The summed E-state index contributed by atoms with van der Waals surface area (Å²) in [6.45, 7) is 0.528. The molecule has 1 amide bonds. The number of benzene rings is 2. The predicted octanol–water partition coefficient (Wildman–Crippen LogP) is 4.46. The van der Waals surface area contributed by atoms with Crippen molar-refractivity contribution >= 4 is 11.6 Å². The van der Waals surface area contributed by atoms with Gasteiger partial charge in [0, 0.05) is 18.1 Å². The molecule has 6 heteroatoms. The molecule has 1 aliphatic heterocycles. The molecule has 1 atom stereocenters. The summed E-state index contributed by atoms with van der Waals surface area (Å²) < 4.78 is 16.7. The number of anilines is 1. The average Bonchev–Trinajstić information content (AvgIpc) is 2.98. The van der Waals surface area contributed by atoms with E-state index in [4.69, 9.17) is 14.2 Å². The number of fused-ring (bicyclic) bond motifs is 1. The number of nitrogens with zero attached hydrogens (tertiary/aromatic N) is 1. The Balaban J connectivity index is 1.39. The monoisotopic (exact) mass is 390 g/mol. The summed E-state index contributed by atoms with van der Waals surface area (Å²) in [6.07, 6.45) is 2.92. The van der Waals surface area contributed by atoms with Crippen LogP contribution in [0.3, 0.4) is 0 Å². The third-order valence-corrected chi connectivity index (χ3v) is 4.80. The van der Waals surface area contributed by atoms with Gasteiger partial charge in [0.05, 0.1) is 25.6 Å². The normalized spacial score (nSPS) is 15.4. The van der Waals surface area contributed by atoms with E-state index in [1.54, 1.807) is 31.5 Å². The second-order valence-electron chi connectivity index (χ2n) is 6.80. The van der Waals surface area contributed by atoms with Gasteiger partial charge in [-0.1, -0.05) is 24.3 Å². The highest BCUT2D eigenvalue weighted by atomic mass is 16.5. The van der Waals surface area contributed by atoms with Crippen molar-refractivity contribution in [2.24, 2.45) is 5.92 Å². The van der Waals surface area contributed by atoms with Crippen molar-refractivity contribution in [2.45, 2.75) is 12.8 Å². The van der Waals surface area contributed by atoms with E-state index >= 15 is 0 Å². The van der Waals surface area contributed by atoms with Crippen molar-refractivity contribution in [3.05, 3.63) is 72.4 Å². The van der Waals surface area contributed by atoms with Gasteiger partial charge in [-0.3, -0.25) is 4.79 Å². The van der Waals surface area contributed by atoms with E-state index in [9.17, 15) is 4.79 Å². The van der Waals surface area contributed by atoms with Crippen molar-refractivity contribution < 1.29 is 19.0 Å². The summed E-state index contributed by atoms with van der Waals surface area (Å²) in [6, 6.07) is 18.7. The molecule has 4 rings (SSSR count). The number of carbonyl (C=O) groups excluding carboxylic acids is 1. The topological polar surface area (TPSA) is 69.7 Å². The number of amides is 1. The highest BCUT2D eigenvalue weighted by Crippen LogP contribution is 2.28. The van der Waals surface area contributed by atoms with E-state index in [1.807, 2.05) is 42.5 Å². The van der Waals surface area contributed by atoms with Crippen molar-refractivity contribution in [3.63, 3.8) is 0 Å². The fourth-order valence-electron chi connectivity index (χ4n) is 3.26. The van der Waals surface area contributed by atoms with Crippen molar-refractivity contribution in [1.82, 2.24) is 4.98 Å². The lowest BCUT2D eigenvalue weighted by atomic mass is 9.96. The zero-order chi connectivity index (χ0) is 20.1. The molecule has 2 heterocycles. The van der Waals surface area contributed by atoms with Crippen LogP contribution in [-0.2, 0) is 11.2 Å². The fraction of sp³-hybridized carbons (Fsp3) is 0.217. The van der Waals surface area contributed by atoms with Gasteiger partial charge in [-0.2, -0.15) is 0 Å². The Labute approximate surface area is 169 Å². The third-order valence-electron chi connectivity index (χ3n) is 4.80. The Morgan fingerprint density at radius 2 is 1.97 bits per heavy atom. The summed E-state index contributed by atoms with van der Waals surface area (Å²) in [7, 11) is 1.61. The summed E-state index contributed by atoms with van der Waals surface area (Å²) in [5.74, 6) is 2.46. The first-order valence-electron chi connectivity index (χ1n) is 9.51. The predicted molar refractivity (Wildman–Crippen MR) is 110 cm³/mol. The molecule has 1 N–H and O–H groups in total. The molecule has 3 aromatic rings. The highest BCUT2D eigenvalue weighted by Gasteiger charge is 2.23.